The second-order valence-corrected chi connectivity index (χ2v) is 4.34. The van der Waals surface area contributed by atoms with Crippen LogP contribution in [0.5, 0.6) is 0 Å². The molecule has 0 radical (unpaired) electrons. The maximum Gasteiger partial charge on any atom is 0.0761 e. The highest BCUT2D eigenvalue weighted by molar-refractivity contribution is 5.29. The summed E-state index contributed by atoms with van der Waals surface area (Å²) in [4.78, 5) is 0. The van der Waals surface area contributed by atoms with Crippen LogP contribution in [0.1, 0.15) is 38.0 Å². The van der Waals surface area contributed by atoms with Crippen LogP contribution >= 0.6 is 0 Å². The molecule has 0 saturated heterocycles. The molecule has 14 heavy (non-hydrogen) atoms. The molecule has 2 heteroatoms. The van der Waals surface area contributed by atoms with Gasteiger partial charge in [0.1, 0.15) is 0 Å². The zero-order chi connectivity index (χ0) is 10.8. The van der Waals surface area contributed by atoms with E-state index in [0.29, 0.717) is 0 Å². The topological polar surface area (TPSA) is 40.5 Å². The second kappa shape index (κ2) is 4.11. The summed E-state index contributed by atoms with van der Waals surface area (Å²) in [6.07, 6.45) is -0.429. The maximum absolute atomic E-state index is 9.33. The van der Waals surface area contributed by atoms with Gasteiger partial charge in [0.25, 0.3) is 0 Å². The monoisotopic (exact) mass is 194 g/mol. The Hall–Kier alpha value is -0.860. The summed E-state index contributed by atoms with van der Waals surface area (Å²) in [5.74, 6) is 0. The summed E-state index contributed by atoms with van der Waals surface area (Å²) in [6.45, 7) is 5.85. The van der Waals surface area contributed by atoms with Crippen LogP contribution in [0, 0.1) is 0 Å². The van der Waals surface area contributed by atoms with Crippen molar-refractivity contribution in [3.63, 3.8) is 0 Å². The molecule has 2 nitrogen and oxygen atoms in total. The molecule has 0 aliphatic heterocycles. The van der Waals surface area contributed by atoms with Gasteiger partial charge in [-0.2, -0.15) is 0 Å². The van der Waals surface area contributed by atoms with Crippen LogP contribution in [-0.4, -0.2) is 16.8 Å². The average molecular weight is 194 g/mol. The quantitative estimate of drug-likeness (QED) is 0.772. The van der Waals surface area contributed by atoms with Crippen molar-refractivity contribution >= 4 is 0 Å². The van der Waals surface area contributed by atoms with Gasteiger partial charge in [0.15, 0.2) is 0 Å². The fraction of sp³-hybridized carbons (Fsp3) is 0.500. The molecular formula is C12H18O2. The Morgan fingerprint density at radius 2 is 1.71 bits per heavy atom. The highest BCUT2D eigenvalue weighted by Gasteiger charge is 2.18. The van der Waals surface area contributed by atoms with E-state index >= 15 is 0 Å². The molecule has 0 aliphatic carbocycles. The minimum atomic E-state index is -0.429. The number of rotatable bonds is 3. The van der Waals surface area contributed by atoms with E-state index in [-0.39, 0.29) is 12.0 Å². The van der Waals surface area contributed by atoms with Crippen molar-refractivity contribution in [3.8, 4) is 0 Å². The fourth-order valence-corrected chi connectivity index (χ4v) is 1.30. The van der Waals surface area contributed by atoms with Crippen molar-refractivity contribution in [2.45, 2.75) is 32.3 Å². The van der Waals surface area contributed by atoms with Crippen molar-refractivity contribution in [1.29, 1.82) is 0 Å². The number of hydrogen-bond donors (Lipinski definition) is 2. The molecule has 0 fully saturated rings. The largest absolute Gasteiger partial charge is 0.395 e. The van der Waals surface area contributed by atoms with Crippen LogP contribution < -0.4 is 0 Å². The number of hydrogen-bond acceptors (Lipinski definition) is 2. The summed E-state index contributed by atoms with van der Waals surface area (Å²) in [6, 6.07) is 7.71. The Morgan fingerprint density at radius 3 is 2.07 bits per heavy atom. The summed E-state index contributed by atoms with van der Waals surface area (Å²) in [5.41, 5.74) is 1.78. The van der Waals surface area contributed by atoms with Gasteiger partial charge in [-0.1, -0.05) is 38.1 Å². The van der Waals surface area contributed by atoms with Crippen LogP contribution in [-0.2, 0) is 5.41 Å². The highest BCUT2D eigenvalue weighted by Crippen LogP contribution is 2.23. The first-order valence-electron chi connectivity index (χ1n) is 4.87. The van der Waals surface area contributed by atoms with Gasteiger partial charge in [0.05, 0.1) is 12.7 Å². The number of aliphatic hydroxyl groups excluding tert-OH is 2. The highest BCUT2D eigenvalue weighted by atomic mass is 16.3. The lowest BCUT2D eigenvalue weighted by Gasteiger charge is -2.22. The van der Waals surface area contributed by atoms with E-state index in [2.05, 4.69) is 0 Å². The third-order valence-corrected chi connectivity index (χ3v) is 2.57. The van der Waals surface area contributed by atoms with Crippen LogP contribution in [0.2, 0.25) is 0 Å². The second-order valence-electron chi connectivity index (χ2n) is 4.34. The third-order valence-electron chi connectivity index (χ3n) is 2.57. The lowest BCUT2D eigenvalue weighted by molar-refractivity contribution is 0.199. The molecule has 1 aromatic carbocycles. The van der Waals surface area contributed by atoms with Crippen molar-refractivity contribution in [1.82, 2.24) is 0 Å². The van der Waals surface area contributed by atoms with Gasteiger partial charge in [0.2, 0.25) is 0 Å². The first-order chi connectivity index (χ1) is 6.47. The third kappa shape index (κ3) is 2.34. The molecule has 0 aromatic heterocycles. The van der Waals surface area contributed by atoms with E-state index in [1.165, 1.54) is 0 Å². The maximum atomic E-state index is 9.33. The lowest BCUT2D eigenvalue weighted by Crippen LogP contribution is -2.21. The van der Waals surface area contributed by atoms with Gasteiger partial charge in [-0.3, -0.25) is 0 Å². The Bertz CT molecular complexity index is 286. The lowest BCUT2D eigenvalue weighted by atomic mass is 9.85. The van der Waals surface area contributed by atoms with Gasteiger partial charge < -0.3 is 10.2 Å². The minimum absolute atomic E-state index is 0.126. The normalized spacial score (nSPS) is 14.1. The molecule has 0 amide bonds. The summed E-state index contributed by atoms with van der Waals surface area (Å²) in [7, 11) is 0. The molecule has 2 N–H and O–H groups in total. The zero-order valence-corrected chi connectivity index (χ0v) is 8.99. The smallest absolute Gasteiger partial charge is 0.0761 e. The van der Waals surface area contributed by atoms with E-state index in [4.69, 9.17) is 0 Å². The summed E-state index contributed by atoms with van der Waals surface area (Å²) < 4.78 is 0. The first kappa shape index (κ1) is 11.2. The van der Waals surface area contributed by atoms with Crippen molar-refractivity contribution in [2.75, 3.05) is 6.61 Å². The molecule has 1 aromatic rings. The molecule has 1 atom stereocenters. The fourth-order valence-electron chi connectivity index (χ4n) is 1.30. The molecule has 0 spiro atoms. The van der Waals surface area contributed by atoms with E-state index in [1.54, 1.807) is 6.92 Å². The predicted octanol–water partition coefficient (Wildman–Crippen LogP) is 2.01. The Balaban J connectivity index is 2.94. The van der Waals surface area contributed by atoms with Gasteiger partial charge in [-0.05, 0) is 18.1 Å². The van der Waals surface area contributed by atoms with E-state index in [9.17, 15) is 10.2 Å². The molecule has 78 valence electrons. The van der Waals surface area contributed by atoms with Gasteiger partial charge in [-0.25, -0.2) is 0 Å². The van der Waals surface area contributed by atoms with Crippen molar-refractivity contribution in [3.05, 3.63) is 35.4 Å². The Labute approximate surface area is 85.2 Å². The summed E-state index contributed by atoms with van der Waals surface area (Å²) in [5, 5.41) is 18.5. The first-order valence-corrected chi connectivity index (χ1v) is 4.87. The van der Waals surface area contributed by atoms with E-state index in [1.807, 2.05) is 38.1 Å². The molecule has 1 rings (SSSR count). The molecule has 0 aliphatic rings. The van der Waals surface area contributed by atoms with Gasteiger partial charge in [0, 0.05) is 5.41 Å². The number of aliphatic hydroxyl groups is 2. The van der Waals surface area contributed by atoms with Crippen molar-refractivity contribution < 1.29 is 10.2 Å². The van der Waals surface area contributed by atoms with Crippen LogP contribution in [0.3, 0.4) is 0 Å². The van der Waals surface area contributed by atoms with E-state index < -0.39 is 6.10 Å². The zero-order valence-electron chi connectivity index (χ0n) is 8.99. The molecule has 0 heterocycles. The van der Waals surface area contributed by atoms with Crippen LogP contribution in [0.4, 0.5) is 0 Å². The van der Waals surface area contributed by atoms with E-state index in [0.717, 1.165) is 11.1 Å². The van der Waals surface area contributed by atoms with Crippen LogP contribution in [0.15, 0.2) is 24.3 Å². The predicted molar refractivity (Wildman–Crippen MR) is 57.2 cm³/mol. The molecular weight excluding hydrogens is 176 g/mol. The van der Waals surface area contributed by atoms with Gasteiger partial charge >= 0.3 is 0 Å². The molecule has 0 saturated carbocycles. The standard InChI is InChI=1S/C12H18O2/c1-9(14)10-4-6-11(7-5-10)12(2,3)8-13/h4-7,9,13-14H,8H2,1-3H3. The Kier molecular flexibility index (Phi) is 3.29. The molecule has 0 bridgehead atoms. The van der Waals surface area contributed by atoms with Gasteiger partial charge in [-0.15, -0.1) is 0 Å². The number of benzene rings is 1. The SMILES string of the molecule is CC(O)c1ccc(C(C)(C)CO)cc1. The Morgan fingerprint density at radius 1 is 1.21 bits per heavy atom. The average Bonchev–Trinajstić information content (AvgIpc) is 2.18. The van der Waals surface area contributed by atoms with Crippen LogP contribution in [0.25, 0.3) is 0 Å². The minimum Gasteiger partial charge on any atom is -0.395 e. The van der Waals surface area contributed by atoms with Crippen molar-refractivity contribution in [2.24, 2.45) is 0 Å². The summed E-state index contributed by atoms with van der Waals surface area (Å²) >= 11 is 0. The molecule has 1 unspecified atom stereocenters.